The minimum Gasteiger partial charge on any atom is -0.336 e. The zero-order chi connectivity index (χ0) is 13.6. The fraction of sp³-hybridized carbons (Fsp3) is 0.333. The molecule has 7 heteroatoms. The van der Waals surface area contributed by atoms with Crippen LogP contribution in [-0.2, 0) is 9.59 Å². The van der Waals surface area contributed by atoms with Gasteiger partial charge in [0, 0.05) is 12.1 Å². The lowest BCUT2D eigenvalue weighted by Gasteiger charge is -2.49. The zero-order valence-corrected chi connectivity index (χ0v) is 10.5. The van der Waals surface area contributed by atoms with Gasteiger partial charge in [0.25, 0.3) is 11.8 Å². The van der Waals surface area contributed by atoms with Crippen LogP contribution in [0.1, 0.15) is 23.3 Å². The van der Waals surface area contributed by atoms with Gasteiger partial charge < -0.3 is 5.32 Å². The number of pyridine rings is 1. The van der Waals surface area contributed by atoms with Gasteiger partial charge in [-0.15, -0.1) is 0 Å². The van der Waals surface area contributed by atoms with E-state index in [4.69, 9.17) is 11.6 Å². The van der Waals surface area contributed by atoms with E-state index in [0.717, 1.165) is 0 Å². The number of fused-ring (bicyclic) bond motifs is 2. The molecule has 0 radical (unpaired) electrons. The number of nitrogens with zero attached hydrogens (tertiary/aromatic N) is 1. The molecule has 1 aromatic rings. The zero-order valence-electron chi connectivity index (χ0n) is 9.77. The van der Waals surface area contributed by atoms with Crippen LogP contribution >= 0.6 is 11.6 Å². The van der Waals surface area contributed by atoms with Gasteiger partial charge in [0.1, 0.15) is 11.2 Å². The SMILES string of the molecule is O=C(NC12CC(C1)C(=O)NC2=O)c1ccc(Cl)cn1. The lowest BCUT2D eigenvalue weighted by atomic mass is 9.64. The van der Waals surface area contributed by atoms with E-state index in [2.05, 4.69) is 15.6 Å². The van der Waals surface area contributed by atoms with Crippen LogP contribution in [-0.4, -0.2) is 28.2 Å². The van der Waals surface area contributed by atoms with Gasteiger partial charge in [-0.05, 0) is 25.0 Å². The number of nitrogens with one attached hydrogen (secondary N) is 2. The fourth-order valence-electron chi connectivity index (χ4n) is 2.44. The van der Waals surface area contributed by atoms with Crippen LogP contribution < -0.4 is 10.6 Å². The first-order chi connectivity index (χ1) is 9.00. The average molecular weight is 280 g/mol. The first-order valence-corrected chi connectivity index (χ1v) is 6.17. The van der Waals surface area contributed by atoms with Crippen molar-refractivity contribution in [1.82, 2.24) is 15.6 Å². The molecule has 0 aromatic carbocycles. The highest BCUT2D eigenvalue weighted by Crippen LogP contribution is 2.41. The Kier molecular flexibility index (Phi) is 2.56. The van der Waals surface area contributed by atoms with E-state index in [1.54, 1.807) is 6.07 Å². The molecular weight excluding hydrogens is 270 g/mol. The number of halogens is 1. The maximum atomic E-state index is 12.0. The minimum absolute atomic E-state index is 0.184. The van der Waals surface area contributed by atoms with E-state index >= 15 is 0 Å². The lowest BCUT2D eigenvalue weighted by Crippen LogP contribution is -2.73. The largest absolute Gasteiger partial charge is 0.336 e. The average Bonchev–Trinajstić information content (AvgIpc) is 2.31. The second-order valence-corrected chi connectivity index (χ2v) is 5.26. The van der Waals surface area contributed by atoms with Gasteiger partial charge in [-0.3, -0.25) is 19.7 Å². The molecule has 4 rings (SSSR count). The maximum Gasteiger partial charge on any atom is 0.270 e. The Morgan fingerprint density at radius 2 is 2.16 bits per heavy atom. The van der Waals surface area contributed by atoms with E-state index in [1.165, 1.54) is 12.3 Å². The Hall–Kier alpha value is -1.95. The summed E-state index contributed by atoms with van der Waals surface area (Å²) in [7, 11) is 0. The molecule has 98 valence electrons. The van der Waals surface area contributed by atoms with Crippen LogP contribution in [0.5, 0.6) is 0 Å². The third kappa shape index (κ3) is 1.88. The van der Waals surface area contributed by atoms with Gasteiger partial charge >= 0.3 is 0 Å². The highest BCUT2D eigenvalue weighted by atomic mass is 35.5. The molecule has 1 saturated carbocycles. The number of piperidine rings is 2. The van der Waals surface area contributed by atoms with Crippen LogP contribution in [0.15, 0.2) is 18.3 Å². The molecule has 0 unspecified atom stereocenters. The van der Waals surface area contributed by atoms with Crippen LogP contribution in [0.4, 0.5) is 0 Å². The van der Waals surface area contributed by atoms with Crippen molar-refractivity contribution in [2.24, 2.45) is 5.92 Å². The number of imide groups is 1. The minimum atomic E-state index is -0.961. The summed E-state index contributed by atoms with van der Waals surface area (Å²) in [5.41, 5.74) is -0.774. The van der Waals surface area contributed by atoms with E-state index < -0.39 is 17.4 Å². The van der Waals surface area contributed by atoms with Gasteiger partial charge in [-0.2, -0.15) is 0 Å². The van der Waals surface area contributed by atoms with Gasteiger partial charge in [0.05, 0.1) is 5.02 Å². The summed E-state index contributed by atoms with van der Waals surface area (Å²) in [4.78, 5) is 39.0. The molecule has 19 heavy (non-hydrogen) atoms. The van der Waals surface area contributed by atoms with Crippen LogP contribution in [0.3, 0.4) is 0 Å². The smallest absolute Gasteiger partial charge is 0.270 e. The molecule has 3 heterocycles. The molecule has 3 aliphatic rings. The number of rotatable bonds is 2. The number of carbonyl (C=O) groups excluding carboxylic acids is 3. The number of amides is 3. The molecule has 3 fully saturated rings. The quantitative estimate of drug-likeness (QED) is 0.761. The predicted octanol–water partition coefficient (Wildman–Crippen LogP) is 0.270. The Bertz CT molecular complexity index is 578. The molecular formula is C12H10ClN3O3. The van der Waals surface area contributed by atoms with Crippen molar-refractivity contribution >= 4 is 29.3 Å². The van der Waals surface area contributed by atoms with Gasteiger partial charge in [0.2, 0.25) is 5.91 Å². The predicted molar refractivity (Wildman–Crippen MR) is 65.3 cm³/mol. The van der Waals surface area contributed by atoms with Crippen molar-refractivity contribution < 1.29 is 14.4 Å². The molecule has 2 bridgehead atoms. The summed E-state index contributed by atoms with van der Waals surface area (Å²) >= 11 is 5.69. The third-order valence-electron chi connectivity index (χ3n) is 3.54. The summed E-state index contributed by atoms with van der Waals surface area (Å²) in [6.07, 6.45) is 2.08. The standard InChI is InChI=1S/C12H10ClN3O3/c13-7-1-2-8(14-5-7)10(18)16-12-3-6(4-12)9(17)15-11(12)19/h1-2,5-6H,3-4H2,(H,16,18)(H,15,17,19). The lowest BCUT2D eigenvalue weighted by molar-refractivity contribution is -0.152. The summed E-state index contributed by atoms with van der Waals surface area (Å²) in [6.45, 7) is 0. The molecule has 2 N–H and O–H groups in total. The number of aromatic nitrogens is 1. The number of carbonyl (C=O) groups is 3. The molecule has 0 atom stereocenters. The van der Waals surface area contributed by atoms with E-state index in [0.29, 0.717) is 17.9 Å². The Balaban J connectivity index is 1.76. The topological polar surface area (TPSA) is 88.2 Å². The summed E-state index contributed by atoms with van der Waals surface area (Å²) < 4.78 is 0. The third-order valence-corrected chi connectivity index (χ3v) is 3.77. The van der Waals surface area contributed by atoms with E-state index in [-0.39, 0.29) is 17.5 Å². The monoisotopic (exact) mass is 279 g/mol. The maximum absolute atomic E-state index is 12.0. The second kappa shape index (κ2) is 4.03. The Morgan fingerprint density at radius 3 is 2.74 bits per heavy atom. The molecule has 2 aliphatic heterocycles. The van der Waals surface area contributed by atoms with Gasteiger partial charge in [-0.1, -0.05) is 11.6 Å². The normalized spacial score (nSPS) is 28.4. The van der Waals surface area contributed by atoms with Crippen molar-refractivity contribution in [1.29, 1.82) is 0 Å². The Morgan fingerprint density at radius 1 is 1.42 bits per heavy atom. The molecule has 0 spiro atoms. The van der Waals surface area contributed by atoms with Crippen molar-refractivity contribution in [3.05, 3.63) is 29.0 Å². The van der Waals surface area contributed by atoms with E-state index in [1.807, 2.05) is 0 Å². The number of hydrogen-bond acceptors (Lipinski definition) is 4. The highest BCUT2D eigenvalue weighted by molar-refractivity contribution is 6.30. The van der Waals surface area contributed by atoms with E-state index in [9.17, 15) is 14.4 Å². The van der Waals surface area contributed by atoms with Crippen molar-refractivity contribution in [2.75, 3.05) is 0 Å². The van der Waals surface area contributed by atoms with Crippen LogP contribution in [0, 0.1) is 5.92 Å². The molecule has 1 aromatic heterocycles. The highest BCUT2D eigenvalue weighted by Gasteiger charge is 2.58. The number of hydrogen-bond donors (Lipinski definition) is 2. The summed E-state index contributed by atoms with van der Waals surface area (Å²) in [6, 6.07) is 3.03. The summed E-state index contributed by atoms with van der Waals surface area (Å²) in [5, 5.41) is 5.34. The van der Waals surface area contributed by atoms with Crippen molar-refractivity contribution in [3.8, 4) is 0 Å². The van der Waals surface area contributed by atoms with Crippen molar-refractivity contribution in [3.63, 3.8) is 0 Å². The molecule has 2 saturated heterocycles. The first kappa shape index (κ1) is 12.1. The Labute approximate surface area is 113 Å². The van der Waals surface area contributed by atoms with Crippen LogP contribution in [0.25, 0.3) is 0 Å². The second-order valence-electron chi connectivity index (χ2n) is 4.82. The molecule has 3 amide bonds. The fourth-order valence-corrected chi connectivity index (χ4v) is 2.55. The summed E-state index contributed by atoms with van der Waals surface area (Å²) in [5.74, 6) is -1.33. The van der Waals surface area contributed by atoms with Gasteiger partial charge in [-0.25, -0.2) is 4.98 Å². The van der Waals surface area contributed by atoms with Gasteiger partial charge in [0.15, 0.2) is 0 Å². The first-order valence-electron chi connectivity index (χ1n) is 5.79. The molecule has 1 aliphatic carbocycles. The van der Waals surface area contributed by atoms with Crippen LogP contribution in [0.2, 0.25) is 5.02 Å². The van der Waals surface area contributed by atoms with Crippen molar-refractivity contribution in [2.45, 2.75) is 18.4 Å². The molecule has 6 nitrogen and oxygen atoms in total.